The van der Waals surface area contributed by atoms with E-state index < -0.39 is 5.41 Å². The molecule has 3 rings (SSSR count). The molecule has 1 heterocycles. The molecule has 1 aliphatic heterocycles. The molecule has 1 aliphatic rings. The second-order valence-corrected chi connectivity index (χ2v) is 6.37. The molecule has 4 heteroatoms. The van der Waals surface area contributed by atoms with Gasteiger partial charge in [-0.25, -0.2) is 4.39 Å². The average Bonchev–Trinajstić information content (AvgIpc) is 2.61. The van der Waals surface area contributed by atoms with Crippen LogP contribution in [-0.4, -0.2) is 19.1 Å². The van der Waals surface area contributed by atoms with Crippen molar-refractivity contribution in [1.82, 2.24) is 5.32 Å². The van der Waals surface area contributed by atoms with E-state index in [1.54, 1.807) is 6.07 Å². The number of hydrogen-bond acceptors (Lipinski definition) is 2. The van der Waals surface area contributed by atoms with Gasteiger partial charge in [-0.3, -0.25) is 4.79 Å². The first kappa shape index (κ1) is 16.7. The third kappa shape index (κ3) is 3.49. The molecule has 0 spiro atoms. The van der Waals surface area contributed by atoms with Gasteiger partial charge in [0.1, 0.15) is 5.82 Å². The molecule has 1 saturated heterocycles. The minimum Gasteiger partial charge on any atom is -0.381 e. The summed E-state index contributed by atoms with van der Waals surface area (Å²) in [6.07, 6.45) is 1.32. The number of carbonyl (C=O) groups excluding carboxylic acids is 1. The highest BCUT2D eigenvalue weighted by molar-refractivity contribution is 5.88. The summed E-state index contributed by atoms with van der Waals surface area (Å²) in [6.45, 7) is 3.50. The maximum absolute atomic E-state index is 13.3. The molecule has 2 aromatic rings. The Morgan fingerprint density at radius 1 is 1.17 bits per heavy atom. The van der Waals surface area contributed by atoms with Crippen LogP contribution >= 0.6 is 0 Å². The molecule has 0 aliphatic carbocycles. The summed E-state index contributed by atoms with van der Waals surface area (Å²) in [5.41, 5.74) is 2.38. The van der Waals surface area contributed by atoms with Crippen LogP contribution in [0.3, 0.4) is 0 Å². The van der Waals surface area contributed by atoms with E-state index in [0.29, 0.717) is 32.6 Å². The summed E-state index contributed by atoms with van der Waals surface area (Å²) in [4.78, 5) is 13.0. The van der Waals surface area contributed by atoms with Crippen LogP contribution in [0.2, 0.25) is 0 Å². The molecule has 2 aromatic carbocycles. The molecule has 0 saturated carbocycles. The Labute approximate surface area is 141 Å². The van der Waals surface area contributed by atoms with Gasteiger partial charge in [-0.05, 0) is 43.0 Å². The molecular weight excluding hydrogens is 305 g/mol. The first-order valence-corrected chi connectivity index (χ1v) is 8.28. The van der Waals surface area contributed by atoms with Crippen LogP contribution in [0, 0.1) is 12.7 Å². The Morgan fingerprint density at radius 2 is 1.88 bits per heavy atom. The zero-order valence-corrected chi connectivity index (χ0v) is 13.8. The molecule has 1 fully saturated rings. The van der Waals surface area contributed by atoms with Crippen LogP contribution in [0.5, 0.6) is 0 Å². The van der Waals surface area contributed by atoms with Gasteiger partial charge in [-0.15, -0.1) is 0 Å². The Kier molecular flexibility index (Phi) is 4.95. The smallest absolute Gasteiger partial charge is 0.231 e. The third-order valence-corrected chi connectivity index (χ3v) is 4.73. The van der Waals surface area contributed by atoms with Crippen molar-refractivity contribution >= 4 is 5.91 Å². The highest BCUT2D eigenvalue weighted by Crippen LogP contribution is 2.35. The Balaban J connectivity index is 1.80. The predicted octanol–water partition coefficient (Wildman–Crippen LogP) is 3.50. The molecule has 0 atom stereocenters. The van der Waals surface area contributed by atoms with Crippen molar-refractivity contribution in [2.75, 3.05) is 13.2 Å². The molecule has 0 radical (unpaired) electrons. The number of rotatable bonds is 4. The van der Waals surface area contributed by atoms with Crippen molar-refractivity contribution in [3.05, 3.63) is 71.0 Å². The lowest BCUT2D eigenvalue weighted by Gasteiger charge is -2.36. The van der Waals surface area contributed by atoms with E-state index >= 15 is 0 Å². The summed E-state index contributed by atoms with van der Waals surface area (Å²) < 4.78 is 18.8. The van der Waals surface area contributed by atoms with Crippen molar-refractivity contribution < 1.29 is 13.9 Å². The van der Waals surface area contributed by atoms with E-state index in [1.165, 1.54) is 17.7 Å². The molecule has 1 amide bonds. The van der Waals surface area contributed by atoms with E-state index in [4.69, 9.17) is 4.74 Å². The van der Waals surface area contributed by atoms with E-state index in [0.717, 1.165) is 11.1 Å². The fourth-order valence-electron chi connectivity index (χ4n) is 3.24. The van der Waals surface area contributed by atoms with Gasteiger partial charge >= 0.3 is 0 Å². The van der Waals surface area contributed by atoms with Gasteiger partial charge in [0.25, 0.3) is 0 Å². The number of benzene rings is 2. The second-order valence-electron chi connectivity index (χ2n) is 6.37. The normalized spacial score (nSPS) is 16.6. The van der Waals surface area contributed by atoms with Crippen LogP contribution in [0.4, 0.5) is 4.39 Å². The van der Waals surface area contributed by atoms with Crippen LogP contribution < -0.4 is 5.32 Å². The molecule has 0 aromatic heterocycles. The fourth-order valence-corrected chi connectivity index (χ4v) is 3.24. The molecule has 0 unspecified atom stereocenters. The van der Waals surface area contributed by atoms with E-state index in [2.05, 4.69) is 5.32 Å². The highest BCUT2D eigenvalue weighted by Gasteiger charge is 2.41. The minimum absolute atomic E-state index is 0.0149. The molecule has 3 nitrogen and oxygen atoms in total. The predicted molar refractivity (Wildman–Crippen MR) is 91.2 cm³/mol. The largest absolute Gasteiger partial charge is 0.381 e. The fraction of sp³-hybridized carbons (Fsp3) is 0.350. The number of ether oxygens (including phenoxy) is 1. The first-order valence-electron chi connectivity index (χ1n) is 8.28. The maximum Gasteiger partial charge on any atom is 0.231 e. The number of aryl methyl sites for hydroxylation is 1. The molecule has 0 bridgehead atoms. The monoisotopic (exact) mass is 327 g/mol. The van der Waals surface area contributed by atoms with Crippen LogP contribution in [0.15, 0.2) is 48.5 Å². The van der Waals surface area contributed by atoms with Crippen LogP contribution in [-0.2, 0) is 21.5 Å². The van der Waals surface area contributed by atoms with Crippen molar-refractivity contribution in [3.8, 4) is 0 Å². The summed E-state index contributed by atoms with van der Waals surface area (Å²) >= 11 is 0. The number of amides is 1. The lowest BCUT2D eigenvalue weighted by Crippen LogP contribution is -2.47. The Hall–Kier alpha value is -2.20. The summed E-state index contributed by atoms with van der Waals surface area (Å²) in [5, 5.41) is 2.99. The van der Waals surface area contributed by atoms with Gasteiger partial charge in [0, 0.05) is 19.8 Å². The number of halogens is 1. The van der Waals surface area contributed by atoms with Crippen LogP contribution in [0.1, 0.15) is 29.5 Å². The van der Waals surface area contributed by atoms with E-state index in [-0.39, 0.29) is 11.7 Å². The number of hydrogen-bond donors (Lipinski definition) is 1. The van der Waals surface area contributed by atoms with Gasteiger partial charge in [0.05, 0.1) is 5.41 Å². The van der Waals surface area contributed by atoms with Gasteiger partial charge in [0.15, 0.2) is 0 Å². The van der Waals surface area contributed by atoms with Crippen molar-refractivity contribution in [3.63, 3.8) is 0 Å². The van der Waals surface area contributed by atoms with Crippen molar-refractivity contribution in [2.24, 2.45) is 0 Å². The lowest BCUT2D eigenvalue weighted by molar-refractivity contribution is -0.130. The molecule has 24 heavy (non-hydrogen) atoms. The van der Waals surface area contributed by atoms with Crippen LogP contribution in [0.25, 0.3) is 0 Å². The highest BCUT2D eigenvalue weighted by atomic mass is 19.1. The second kappa shape index (κ2) is 7.14. The quantitative estimate of drug-likeness (QED) is 0.933. The van der Waals surface area contributed by atoms with Gasteiger partial charge in [0.2, 0.25) is 5.91 Å². The van der Waals surface area contributed by atoms with E-state index in [9.17, 15) is 9.18 Å². The third-order valence-electron chi connectivity index (χ3n) is 4.73. The molecular formula is C20H22FNO2. The summed E-state index contributed by atoms with van der Waals surface area (Å²) in [6, 6.07) is 14.4. The van der Waals surface area contributed by atoms with Crippen molar-refractivity contribution in [1.29, 1.82) is 0 Å². The standard InChI is InChI=1S/C20H22FNO2/c1-15-5-7-17(8-6-15)20(9-11-24-12-10-20)19(23)22-14-16-3-2-4-18(21)13-16/h2-8,13H,9-12,14H2,1H3,(H,22,23). The number of carbonyl (C=O) groups is 1. The van der Waals surface area contributed by atoms with Gasteiger partial charge in [-0.1, -0.05) is 42.0 Å². The zero-order chi connectivity index (χ0) is 17.0. The number of nitrogens with one attached hydrogen (secondary N) is 1. The first-order chi connectivity index (χ1) is 11.6. The Bertz CT molecular complexity index is 706. The SMILES string of the molecule is Cc1ccc(C2(C(=O)NCc3cccc(F)c3)CCOCC2)cc1. The topological polar surface area (TPSA) is 38.3 Å². The zero-order valence-electron chi connectivity index (χ0n) is 13.8. The minimum atomic E-state index is -0.570. The average molecular weight is 327 g/mol. The van der Waals surface area contributed by atoms with Gasteiger partial charge < -0.3 is 10.1 Å². The Morgan fingerprint density at radius 3 is 2.54 bits per heavy atom. The molecule has 1 N–H and O–H groups in total. The molecule has 126 valence electrons. The lowest BCUT2D eigenvalue weighted by atomic mass is 9.73. The summed E-state index contributed by atoms with van der Waals surface area (Å²) in [7, 11) is 0. The van der Waals surface area contributed by atoms with E-state index in [1.807, 2.05) is 37.3 Å². The van der Waals surface area contributed by atoms with Gasteiger partial charge in [-0.2, -0.15) is 0 Å². The van der Waals surface area contributed by atoms with Crippen molar-refractivity contribution in [2.45, 2.75) is 31.7 Å². The maximum atomic E-state index is 13.3. The summed E-state index contributed by atoms with van der Waals surface area (Å²) in [5.74, 6) is -0.306.